The monoisotopic (exact) mass is 240 g/mol. The highest BCUT2D eigenvalue weighted by atomic mass is 16.5. The number of hydrogen-bond acceptors (Lipinski definition) is 4. The van der Waals surface area contributed by atoms with Crippen LogP contribution < -0.4 is 4.74 Å². The Hall–Kier alpha value is -2.35. The lowest BCUT2D eigenvalue weighted by Crippen LogP contribution is -2.02. The fourth-order valence-electron chi connectivity index (χ4n) is 2.02. The van der Waals surface area contributed by atoms with Crippen molar-refractivity contribution in [2.24, 2.45) is 0 Å². The molecule has 5 nitrogen and oxygen atoms in total. The van der Waals surface area contributed by atoms with Crippen molar-refractivity contribution in [2.75, 3.05) is 7.11 Å². The van der Waals surface area contributed by atoms with Crippen molar-refractivity contribution in [3.05, 3.63) is 35.7 Å². The first-order chi connectivity index (χ1) is 8.83. The highest BCUT2D eigenvalue weighted by molar-refractivity contribution is 5.43. The lowest BCUT2D eigenvalue weighted by molar-refractivity contribution is 0.414. The molecule has 1 aliphatic rings. The van der Waals surface area contributed by atoms with Gasteiger partial charge in [0, 0.05) is 12.0 Å². The first-order valence-electron chi connectivity index (χ1n) is 5.83. The number of rotatable bonds is 3. The second-order valence-electron chi connectivity index (χ2n) is 4.32. The smallest absolute Gasteiger partial charge is 0.186 e. The van der Waals surface area contributed by atoms with Gasteiger partial charge in [0.2, 0.25) is 0 Å². The van der Waals surface area contributed by atoms with Crippen LogP contribution in [-0.2, 0) is 0 Å². The Morgan fingerprint density at radius 3 is 2.94 bits per heavy atom. The van der Waals surface area contributed by atoms with E-state index in [2.05, 4.69) is 16.4 Å². The summed E-state index contributed by atoms with van der Waals surface area (Å²) in [5.41, 5.74) is 2.23. The maximum atomic E-state index is 9.07. The third kappa shape index (κ3) is 1.72. The largest absolute Gasteiger partial charge is 0.497 e. The Bertz CT molecular complexity index is 622. The highest BCUT2D eigenvalue weighted by Gasteiger charge is 2.31. The number of benzene rings is 1. The van der Waals surface area contributed by atoms with Crippen molar-refractivity contribution in [1.29, 1.82) is 5.26 Å². The van der Waals surface area contributed by atoms with Gasteiger partial charge in [-0.15, -0.1) is 5.10 Å². The van der Waals surface area contributed by atoms with E-state index < -0.39 is 0 Å². The van der Waals surface area contributed by atoms with Crippen LogP contribution in [-0.4, -0.2) is 22.1 Å². The summed E-state index contributed by atoms with van der Waals surface area (Å²) in [4.78, 5) is 0. The van der Waals surface area contributed by atoms with Gasteiger partial charge in [0.05, 0.1) is 18.5 Å². The van der Waals surface area contributed by atoms with E-state index in [0.717, 1.165) is 30.0 Å². The van der Waals surface area contributed by atoms with Gasteiger partial charge in [-0.3, -0.25) is 0 Å². The van der Waals surface area contributed by atoms with Gasteiger partial charge < -0.3 is 4.74 Å². The Morgan fingerprint density at radius 1 is 1.44 bits per heavy atom. The minimum Gasteiger partial charge on any atom is -0.497 e. The first kappa shape index (κ1) is 10.8. The molecule has 1 aromatic carbocycles. The van der Waals surface area contributed by atoms with E-state index in [1.54, 1.807) is 11.8 Å². The van der Waals surface area contributed by atoms with E-state index in [1.165, 1.54) is 0 Å². The van der Waals surface area contributed by atoms with E-state index in [9.17, 15) is 0 Å². The number of hydrogen-bond donors (Lipinski definition) is 0. The molecule has 2 aromatic rings. The predicted molar refractivity (Wildman–Crippen MR) is 64.6 cm³/mol. The van der Waals surface area contributed by atoms with Crippen LogP contribution in [0.5, 0.6) is 5.75 Å². The summed E-state index contributed by atoms with van der Waals surface area (Å²) in [5.74, 6) is 1.18. The summed E-state index contributed by atoms with van der Waals surface area (Å²) in [6.45, 7) is 0. The molecule has 0 amide bonds. The lowest BCUT2D eigenvalue weighted by atomic mass is 10.2. The molecule has 0 bridgehead atoms. The van der Waals surface area contributed by atoms with Crippen LogP contribution in [0.1, 0.15) is 30.1 Å². The molecule has 1 aliphatic carbocycles. The first-order valence-corrected chi connectivity index (χ1v) is 5.83. The van der Waals surface area contributed by atoms with E-state index in [4.69, 9.17) is 10.00 Å². The molecule has 0 spiro atoms. The Kier molecular flexibility index (Phi) is 2.49. The zero-order chi connectivity index (χ0) is 12.5. The number of nitriles is 1. The quantitative estimate of drug-likeness (QED) is 0.823. The molecule has 18 heavy (non-hydrogen) atoms. The summed E-state index contributed by atoms with van der Waals surface area (Å²) >= 11 is 0. The molecular weight excluding hydrogens is 228 g/mol. The molecule has 1 heterocycles. The van der Waals surface area contributed by atoms with Crippen LogP contribution >= 0.6 is 0 Å². The second kappa shape index (κ2) is 4.15. The minimum absolute atomic E-state index is 0.417. The molecule has 3 rings (SSSR count). The zero-order valence-electron chi connectivity index (χ0n) is 10.00. The number of methoxy groups -OCH3 is 1. The van der Waals surface area contributed by atoms with E-state index in [0.29, 0.717) is 11.6 Å². The van der Waals surface area contributed by atoms with Gasteiger partial charge in [-0.05, 0) is 25.0 Å². The predicted octanol–water partition coefficient (Wildman–Crippen LogP) is 2.02. The summed E-state index contributed by atoms with van der Waals surface area (Å²) in [6, 6.07) is 9.71. The van der Waals surface area contributed by atoms with Gasteiger partial charge in [-0.25, -0.2) is 4.68 Å². The molecule has 0 atom stereocenters. The van der Waals surface area contributed by atoms with Crippen molar-refractivity contribution in [3.63, 3.8) is 0 Å². The van der Waals surface area contributed by atoms with Crippen LogP contribution in [0.2, 0.25) is 0 Å². The summed E-state index contributed by atoms with van der Waals surface area (Å²) in [5, 5.41) is 17.1. The fourth-order valence-corrected chi connectivity index (χ4v) is 2.02. The maximum absolute atomic E-state index is 9.07. The van der Waals surface area contributed by atoms with Gasteiger partial charge in [-0.2, -0.15) is 5.26 Å². The van der Waals surface area contributed by atoms with Crippen molar-refractivity contribution in [2.45, 2.75) is 18.8 Å². The lowest BCUT2D eigenvalue weighted by Gasteiger charge is -2.07. The molecular formula is C13H12N4O. The van der Waals surface area contributed by atoms with E-state index in [1.807, 2.05) is 24.3 Å². The Labute approximate surface area is 105 Å². The molecule has 5 heteroatoms. The highest BCUT2D eigenvalue weighted by Crippen LogP contribution is 2.41. The SMILES string of the molecule is COc1cccc(-n2nnc(C#N)c2C2CC2)c1. The minimum atomic E-state index is 0.417. The van der Waals surface area contributed by atoms with Gasteiger partial charge in [0.15, 0.2) is 5.69 Å². The van der Waals surface area contributed by atoms with Crippen LogP contribution in [0.3, 0.4) is 0 Å². The van der Waals surface area contributed by atoms with Gasteiger partial charge in [0.1, 0.15) is 11.8 Å². The standard InChI is InChI=1S/C13H12N4O/c1-18-11-4-2-3-10(7-11)17-13(9-5-6-9)12(8-14)15-16-17/h2-4,7,9H,5-6H2,1H3. The normalized spacial score (nSPS) is 14.2. The van der Waals surface area contributed by atoms with E-state index in [-0.39, 0.29) is 0 Å². The fraction of sp³-hybridized carbons (Fsp3) is 0.308. The second-order valence-corrected chi connectivity index (χ2v) is 4.32. The number of nitrogens with zero attached hydrogens (tertiary/aromatic N) is 4. The number of aromatic nitrogens is 3. The van der Waals surface area contributed by atoms with Crippen molar-refractivity contribution < 1.29 is 4.74 Å². The van der Waals surface area contributed by atoms with Crippen LogP contribution in [0.15, 0.2) is 24.3 Å². The van der Waals surface area contributed by atoms with Gasteiger partial charge in [-0.1, -0.05) is 11.3 Å². The Balaban J connectivity index is 2.11. The molecule has 0 unspecified atom stereocenters. The molecule has 0 aliphatic heterocycles. The van der Waals surface area contributed by atoms with Crippen LogP contribution in [0.4, 0.5) is 0 Å². The molecule has 1 fully saturated rings. The Morgan fingerprint density at radius 2 is 2.28 bits per heavy atom. The average molecular weight is 240 g/mol. The van der Waals surface area contributed by atoms with Crippen molar-refractivity contribution in [1.82, 2.24) is 15.0 Å². The van der Waals surface area contributed by atoms with Gasteiger partial charge in [0.25, 0.3) is 0 Å². The molecule has 90 valence electrons. The molecule has 1 aromatic heterocycles. The van der Waals surface area contributed by atoms with Crippen LogP contribution in [0, 0.1) is 11.3 Å². The van der Waals surface area contributed by atoms with E-state index >= 15 is 0 Å². The van der Waals surface area contributed by atoms with Crippen molar-refractivity contribution in [3.8, 4) is 17.5 Å². The third-order valence-electron chi connectivity index (χ3n) is 3.07. The topological polar surface area (TPSA) is 63.7 Å². The molecule has 0 radical (unpaired) electrons. The third-order valence-corrected chi connectivity index (χ3v) is 3.07. The zero-order valence-corrected chi connectivity index (χ0v) is 10.00. The van der Waals surface area contributed by atoms with Gasteiger partial charge >= 0.3 is 0 Å². The molecule has 0 saturated heterocycles. The number of ether oxygens (including phenoxy) is 1. The summed E-state index contributed by atoms with van der Waals surface area (Å²) in [6.07, 6.45) is 2.21. The average Bonchev–Trinajstić information content (AvgIpc) is 3.17. The molecule has 0 N–H and O–H groups in total. The summed E-state index contributed by atoms with van der Waals surface area (Å²) in [7, 11) is 1.63. The van der Waals surface area contributed by atoms with Crippen LogP contribution in [0.25, 0.3) is 5.69 Å². The molecule has 1 saturated carbocycles. The van der Waals surface area contributed by atoms with Crippen molar-refractivity contribution >= 4 is 0 Å². The summed E-state index contributed by atoms with van der Waals surface area (Å²) < 4.78 is 6.95. The maximum Gasteiger partial charge on any atom is 0.186 e.